The highest BCUT2D eigenvalue weighted by molar-refractivity contribution is 5.45. The number of phenolic OH excluding ortho intramolecular Hbond substituents is 2. The van der Waals surface area contributed by atoms with Gasteiger partial charge in [-0.25, -0.2) is 0 Å². The molecule has 0 radical (unpaired) electrons. The summed E-state index contributed by atoms with van der Waals surface area (Å²) in [6, 6.07) is 3.25. The van der Waals surface area contributed by atoms with Gasteiger partial charge in [-0.05, 0) is 43.0 Å². The Morgan fingerprint density at radius 1 is 1.14 bits per heavy atom. The molecule has 0 saturated heterocycles. The van der Waals surface area contributed by atoms with Crippen LogP contribution in [-0.4, -0.2) is 16.8 Å². The molecule has 4 N–H and O–H groups in total. The van der Waals surface area contributed by atoms with Crippen molar-refractivity contribution in [2.45, 2.75) is 26.2 Å². The van der Waals surface area contributed by atoms with Crippen molar-refractivity contribution in [1.29, 1.82) is 0 Å². The first kappa shape index (κ1) is 10.9. The van der Waals surface area contributed by atoms with E-state index in [4.69, 9.17) is 5.73 Å². The van der Waals surface area contributed by atoms with E-state index in [0.29, 0.717) is 6.54 Å². The van der Waals surface area contributed by atoms with Crippen LogP contribution >= 0.6 is 0 Å². The summed E-state index contributed by atoms with van der Waals surface area (Å²) >= 11 is 0. The van der Waals surface area contributed by atoms with Crippen LogP contribution in [0.3, 0.4) is 0 Å². The lowest BCUT2D eigenvalue weighted by Crippen LogP contribution is -2.00. The van der Waals surface area contributed by atoms with E-state index in [-0.39, 0.29) is 11.5 Å². The Morgan fingerprint density at radius 3 is 2.36 bits per heavy atom. The third-order valence-electron chi connectivity index (χ3n) is 2.31. The number of benzene rings is 1. The lowest BCUT2D eigenvalue weighted by atomic mass is 10.0. The van der Waals surface area contributed by atoms with Gasteiger partial charge in [-0.15, -0.1) is 0 Å². The molecule has 0 aliphatic rings. The smallest absolute Gasteiger partial charge is 0.122 e. The lowest BCUT2D eigenvalue weighted by molar-refractivity contribution is 0.441. The highest BCUT2D eigenvalue weighted by Gasteiger charge is 2.06. The Balaban J connectivity index is 2.92. The monoisotopic (exact) mass is 195 g/mol. The second-order valence-electron chi connectivity index (χ2n) is 3.36. The molecule has 0 aliphatic heterocycles. The van der Waals surface area contributed by atoms with Crippen molar-refractivity contribution in [3.63, 3.8) is 0 Å². The van der Waals surface area contributed by atoms with Gasteiger partial charge in [-0.1, -0.05) is 6.92 Å². The zero-order valence-corrected chi connectivity index (χ0v) is 8.45. The van der Waals surface area contributed by atoms with Crippen molar-refractivity contribution in [3.8, 4) is 11.5 Å². The molecule has 1 rings (SSSR count). The van der Waals surface area contributed by atoms with Crippen LogP contribution in [0.4, 0.5) is 0 Å². The Hall–Kier alpha value is -1.22. The molecule has 14 heavy (non-hydrogen) atoms. The van der Waals surface area contributed by atoms with E-state index >= 15 is 0 Å². The van der Waals surface area contributed by atoms with Crippen LogP contribution < -0.4 is 5.73 Å². The topological polar surface area (TPSA) is 66.5 Å². The first-order valence-corrected chi connectivity index (χ1v) is 4.92. The lowest BCUT2D eigenvalue weighted by Gasteiger charge is -2.08. The minimum absolute atomic E-state index is 0.160. The SMILES string of the molecule is CCc1cc(CCCN)c(O)cc1O. The van der Waals surface area contributed by atoms with Gasteiger partial charge in [0.1, 0.15) is 11.5 Å². The maximum absolute atomic E-state index is 9.54. The normalized spacial score (nSPS) is 10.4. The molecule has 0 aliphatic carbocycles. The van der Waals surface area contributed by atoms with Crippen molar-refractivity contribution in [1.82, 2.24) is 0 Å². The maximum Gasteiger partial charge on any atom is 0.122 e. The second kappa shape index (κ2) is 4.86. The summed E-state index contributed by atoms with van der Waals surface area (Å²) in [6.07, 6.45) is 2.37. The molecule has 1 aromatic carbocycles. The fourth-order valence-electron chi connectivity index (χ4n) is 1.45. The Morgan fingerprint density at radius 2 is 1.79 bits per heavy atom. The molecule has 0 spiro atoms. The number of rotatable bonds is 4. The molecular weight excluding hydrogens is 178 g/mol. The summed E-state index contributed by atoms with van der Waals surface area (Å²) in [4.78, 5) is 0. The van der Waals surface area contributed by atoms with Gasteiger partial charge in [0.25, 0.3) is 0 Å². The van der Waals surface area contributed by atoms with Gasteiger partial charge in [-0.2, -0.15) is 0 Å². The van der Waals surface area contributed by atoms with Crippen molar-refractivity contribution in [2.24, 2.45) is 5.73 Å². The molecule has 0 atom stereocenters. The molecule has 1 aromatic rings. The number of aromatic hydroxyl groups is 2. The molecule has 0 heterocycles. The molecular formula is C11H17NO2. The van der Waals surface area contributed by atoms with E-state index in [0.717, 1.165) is 30.4 Å². The first-order chi connectivity index (χ1) is 6.69. The Kier molecular flexibility index (Phi) is 3.77. The van der Waals surface area contributed by atoms with Gasteiger partial charge in [-0.3, -0.25) is 0 Å². The fourth-order valence-corrected chi connectivity index (χ4v) is 1.45. The van der Waals surface area contributed by atoms with Crippen LogP contribution in [0.15, 0.2) is 12.1 Å². The summed E-state index contributed by atoms with van der Waals surface area (Å²) < 4.78 is 0. The van der Waals surface area contributed by atoms with E-state index in [2.05, 4.69) is 0 Å². The number of hydrogen-bond acceptors (Lipinski definition) is 3. The second-order valence-corrected chi connectivity index (χ2v) is 3.36. The van der Waals surface area contributed by atoms with E-state index in [1.807, 2.05) is 13.0 Å². The molecule has 78 valence electrons. The molecule has 0 fully saturated rings. The molecule has 0 saturated carbocycles. The highest BCUT2D eigenvalue weighted by Crippen LogP contribution is 2.28. The maximum atomic E-state index is 9.54. The molecule has 3 heteroatoms. The predicted octanol–water partition coefficient (Wildman–Crippen LogP) is 1.55. The summed E-state index contributed by atoms with van der Waals surface area (Å²) in [5, 5.41) is 19.0. The third-order valence-corrected chi connectivity index (χ3v) is 2.31. The average Bonchev–Trinajstić information content (AvgIpc) is 2.17. The summed E-state index contributed by atoms with van der Waals surface area (Å²) in [6.45, 7) is 2.58. The number of aryl methyl sites for hydroxylation is 2. The molecule has 3 nitrogen and oxygen atoms in total. The minimum Gasteiger partial charge on any atom is -0.508 e. The summed E-state index contributed by atoms with van der Waals surface area (Å²) in [5.41, 5.74) is 7.13. The van der Waals surface area contributed by atoms with E-state index in [9.17, 15) is 10.2 Å². The number of nitrogens with two attached hydrogens (primary N) is 1. The summed E-state index contributed by atoms with van der Waals surface area (Å²) in [7, 11) is 0. The van der Waals surface area contributed by atoms with Gasteiger partial charge >= 0.3 is 0 Å². The Labute approximate surface area is 84.2 Å². The largest absolute Gasteiger partial charge is 0.508 e. The van der Waals surface area contributed by atoms with Crippen LogP contribution in [0.1, 0.15) is 24.5 Å². The van der Waals surface area contributed by atoms with Crippen molar-refractivity contribution < 1.29 is 10.2 Å². The van der Waals surface area contributed by atoms with Gasteiger partial charge < -0.3 is 15.9 Å². The Bertz CT molecular complexity index is 310. The number of hydrogen-bond donors (Lipinski definition) is 3. The van der Waals surface area contributed by atoms with Gasteiger partial charge in [0.15, 0.2) is 0 Å². The standard InChI is InChI=1S/C11H17NO2/c1-2-8-6-9(4-3-5-12)11(14)7-10(8)13/h6-7,13-14H,2-5,12H2,1H3. The molecule has 0 unspecified atom stereocenters. The van der Waals surface area contributed by atoms with Gasteiger partial charge in [0, 0.05) is 6.07 Å². The average molecular weight is 195 g/mol. The van der Waals surface area contributed by atoms with Crippen molar-refractivity contribution in [2.75, 3.05) is 6.54 Å². The summed E-state index contributed by atoms with van der Waals surface area (Å²) in [5.74, 6) is 0.328. The zero-order valence-electron chi connectivity index (χ0n) is 8.45. The van der Waals surface area contributed by atoms with Crippen LogP contribution in [0.5, 0.6) is 11.5 Å². The van der Waals surface area contributed by atoms with Crippen LogP contribution in [0.2, 0.25) is 0 Å². The van der Waals surface area contributed by atoms with Crippen LogP contribution in [0, 0.1) is 0 Å². The van der Waals surface area contributed by atoms with Gasteiger partial charge in [0.05, 0.1) is 0 Å². The predicted molar refractivity (Wildman–Crippen MR) is 56.5 cm³/mol. The zero-order chi connectivity index (χ0) is 10.6. The third kappa shape index (κ3) is 2.39. The molecule has 0 bridgehead atoms. The van der Waals surface area contributed by atoms with E-state index in [1.165, 1.54) is 6.07 Å². The van der Waals surface area contributed by atoms with Crippen LogP contribution in [0.25, 0.3) is 0 Å². The quantitative estimate of drug-likeness (QED) is 0.683. The molecule has 0 amide bonds. The molecule has 0 aromatic heterocycles. The van der Waals surface area contributed by atoms with Crippen molar-refractivity contribution in [3.05, 3.63) is 23.3 Å². The van der Waals surface area contributed by atoms with E-state index in [1.54, 1.807) is 0 Å². The highest BCUT2D eigenvalue weighted by atomic mass is 16.3. The van der Waals surface area contributed by atoms with Crippen LogP contribution in [-0.2, 0) is 12.8 Å². The van der Waals surface area contributed by atoms with E-state index < -0.39 is 0 Å². The number of phenols is 2. The van der Waals surface area contributed by atoms with Gasteiger partial charge in [0.2, 0.25) is 0 Å². The minimum atomic E-state index is 0.160. The first-order valence-electron chi connectivity index (χ1n) is 4.92. The van der Waals surface area contributed by atoms with Crippen molar-refractivity contribution >= 4 is 0 Å². The fraction of sp³-hybridized carbons (Fsp3) is 0.455.